The van der Waals surface area contributed by atoms with Gasteiger partial charge < -0.3 is 10.1 Å². The number of pyridine rings is 1. The van der Waals surface area contributed by atoms with E-state index in [0.29, 0.717) is 0 Å². The van der Waals surface area contributed by atoms with Crippen molar-refractivity contribution in [1.82, 2.24) is 10.3 Å². The van der Waals surface area contributed by atoms with Gasteiger partial charge in [0.15, 0.2) is 0 Å². The minimum absolute atomic E-state index is 0.0857. The zero-order chi connectivity index (χ0) is 12.5. The highest BCUT2D eigenvalue weighted by Crippen LogP contribution is 2.29. The summed E-state index contributed by atoms with van der Waals surface area (Å²) in [6.07, 6.45) is 1.23. The summed E-state index contributed by atoms with van der Waals surface area (Å²) in [5, 5.41) is 3.42. The summed E-state index contributed by atoms with van der Waals surface area (Å²) in [7, 11) is 0. The van der Waals surface area contributed by atoms with Gasteiger partial charge in [-0.1, -0.05) is 26.8 Å². The van der Waals surface area contributed by atoms with Gasteiger partial charge in [-0.05, 0) is 18.9 Å². The van der Waals surface area contributed by atoms with Crippen LogP contribution in [0.1, 0.15) is 45.4 Å². The van der Waals surface area contributed by atoms with Gasteiger partial charge in [-0.15, -0.1) is 0 Å². The van der Waals surface area contributed by atoms with Crippen LogP contribution in [0.3, 0.4) is 0 Å². The van der Waals surface area contributed by atoms with Crippen molar-refractivity contribution in [2.45, 2.75) is 52.2 Å². The second-order valence-electron chi connectivity index (χ2n) is 5.48. The molecule has 0 fully saturated rings. The fourth-order valence-electron chi connectivity index (χ4n) is 2.15. The Balaban J connectivity index is 2.28. The van der Waals surface area contributed by atoms with Crippen LogP contribution in [0.25, 0.3) is 0 Å². The van der Waals surface area contributed by atoms with E-state index in [2.05, 4.69) is 39.1 Å². The molecule has 2 rings (SSSR count). The first-order chi connectivity index (χ1) is 8.03. The fraction of sp³-hybridized carbons (Fsp3) is 0.643. The molecule has 0 saturated carbocycles. The first-order valence-corrected chi connectivity index (χ1v) is 6.40. The molecule has 1 atom stereocenters. The Morgan fingerprint density at radius 3 is 2.94 bits per heavy atom. The van der Waals surface area contributed by atoms with Crippen molar-refractivity contribution in [2.75, 3.05) is 6.54 Å². The number of fused-ring (bicyclic) bond motifs is 1. The number of hydrogen-bond donors (Lipinski definition) is 1. The van der Waals surface area contributed by atoms with Gasteiger partial charge in [-0.3, -0.25) is 0 Å². The van der Waals surface area contributed by atoms with Crippen LogP contribution in [0.4, 0.5) is 0 Å². The summed E-state index contributed by atoms with van der Waals surface area (Å²) >= 11 is 0. The molecule has 3 heteroatoms. The largest absolute Gasteiger partial charge is 0.475 e. The van der Waals surface area contributed by atoms with Crippen molar-refractivity contribution in [1.29, 1.82) is 0 Å². The van der Waals surface area contributed by atoms with Gasteiger partial charge in [-0.25, -0.2) is 4.98 Å². The molecule has 0 aliphatic carbocycles. The molecule has 1 aliphatic heterocycles. The minimum Gasteiger partial charge on any atom is -0.475 e. The first-order valence-electron chi connectivity index (χ1n) is 6.40. The third kappa shape index (κ3) is 2.60. The lowest BCUT2D eigenvalue weighted by Gasteiger charge is -2.32. The van der Waals surface area contributed by atoms with Gasteiger partial charge in [0, 0.05) is 24.6 Å². The molecule has 1 aromatic heterocycles. The molecule has 1 aromatic rings. The van der Waals surface area contributed by atoms with Gasteiger partial charge in [-0.2, -0.15) is 0 Å². The predicted molar refractivity (Wildman–Crippen MR) is 69.4 cm³/mol. The van der Waals surface area contributed by atoms with Crippen LogP contribution >= 0.6 is 0 Å². The Morgan fingerprint density at radius 2 is 2.24 bits per heavy atom. The van der Waals surface area contributed by atoms with E-state index >= 15 is 0 Å². The summed E-state index contributed by atoms with van der Waals surface area (Å²) < 4.78 is 5.79. The number of nitrogens with zero attached hydrogens (tertiary/aromatic N) is 1. The van der Waals surface area contributed by atoms with Crippen molar-refractivity contribution in [3.05, 3.63) is 23.4 Å². The molecule has 0 saturated heterocycles. The lowest BCUT2D eigenvalue weighted by Crippen LogP contribution is -2.39. The zero-order valence-corrected chi connectivity index (χ0v) is 11.2. The summed E-state index contributed by atoms with van der Waals surface area (Å²) in [5.74, 6) is 0.757. The van der Waals surface area contributed by atoms with Crippen molar-refractivity contribution in [3.63, 3.8) is 0 Å². The van der Waals surface area contributed by atoms with Crippen LogP contribution in [0.5, 0.6) is 5.88 Å². The fourth-order valence-corrected chi connectivity index (χ4v) is 2.15. The molecule has 17 heavy (non-hydrogen) atoms. The first kappa shape index (κ1) is 12.4. The molecular formula is C14H22N2O. The van der Waals surface area contributed by atoms with Crippen molar-refractivity contribution in [2.24, 2.45) is 0 Å². The Kier molecular flexibility index (Phi) is 3.38. The molecule has 2 heterocycles. The smallest absolute Gasteiger partial charge is 0.213 e. The van der Waals surface area contributed by atoms with Crippen LogP contribution in [-0.2, 0) is 12.0 Å². The van der Waals surface area contributed by atoms with Gasteiger partial charge in [0.2, 0.25) is 5.88 Å². The van der Waals surface area contributed by atoms with Crippen LogP contribution < -0.4 is 10.1 Å². The summed E-state index contributed by atoms with van der Waals surface area (Å²) in [4.78, 5) is 4.69. The molecule has 1 N–H and O–H groups in total. The molecule has 0 spiro atoms. The van der Waals surface area contributed by atoms with Crippen LogP contribution in [0, 0.1) is 0 Å². The zero-order valence-electron chi connectivity index (χ0n) is 11.2. The third-order valence-corrected chi connectivity index (χ3v) is 3.37. The van der Waals surface area contributed by atoms with E-state index in [-0.39, 0.29) is 11.5 Å². The number of aromatic nitrogens is 1. The summed E-state index contributed by atoms with van der Waals surface area (Å²) in [5.41, 5.74) is 2.55. The molecule has 0 unspecified atom stereocenters. The summed E-state index contributed by atoms with van der Waals surface area (Å²) in [6, 6.07) is 4.11. The highest BCUT2D eigenvalue weighted by molar-refractivity contribution is 5.33. The highest BCUT2D eigenvalue weighted by Gasteiger charge is 2.29. The minimum atomic E-state index is 0.0857. The van der Waals surface area contributed by atoms with Crippen LogP contribution in [0.15, 0.2) is 12.1 Å². The average molecular weight is 234 g/mol. The maximum absolute atomic E-state index is 5.79. The lowest BCUT2D eigenvalue weighted by molar-refractivity contribution is 0.206. The monoisotopic (exact) mass is 234 g/mol. The Labute approximate surface area is 104 Å². The Hall–Kier alpha value is -1.09. The van der Waals surface area contributed by atoms with Gasteiger partial charge >= 0.3 is 0 Å². The molecule has 1 aliphatic rings. The molecule has 0 radical (unpaired) electrons. The van der Waals surface area contributed by atoms with E-state index in [4.69, 9.17) is 9.72 Å². The van der Waals surface area contributed by atoms with E-state index in [0.717, 1.165) is 25.4 Å². The number of hydrogen-bond acceptors (Lipinski definition) is 3. The van der Waals surface area contributed by atoms with E-state index in [1.807, 2.05) is 6.07 Å². The SMILES string of the molecule is CC[C@H](C)Oc1ccc2c(n1)C(C)(C)CNC2. The average Bonchev–Trinajstić information content (AvgIpc) is 2.29. The van der Waals surface area contributed by atoms with Gasteiger partial charge in [0.25, 0.3) is 0 Å². The van der Waals surface area contributed by atoms with Crippen molar-refractivity contribution in [3.8, 4) is 5.88 Å². The predicted octanol–water partition coefficient (Wildman–Crippen LogP) is 2.64. The topological polar surface area (TPSA) is 34.1 Å². The normalized spacial score (nSPS) is 19.5. The second-order valence-corrected chi connectivity index (χ2v) is 5.48. The summed E-state index contributed by atoms with van der Waals surface area (Å²) in [6.45, 7) is 10.5. The van der Waals surface area contributed by atoms with Gasteiger partial charge in [0.05, 0.1) is 11.8 Å². The molecule has 0 bridgehead atoms. The number of rotatable bonds is 3. The number of ether oxygens (including phenoxy) is 1. The molecular weight excluding hydrogens is 212 g/mol. The Morgan fingerprint density at radius 1 is 1.47 bits per heavy atom. The van der Waals surface area contributed by atoms with E-state index < -0.39 is 0 Å². The van der Waals surface area contributed by atoms with E-state index in [9.17, 15) is 0 Å². The maximum Gasteiger partial charge on any atom is 0.213 e. The quantitative estimate of drug-likeness (QED) is 0.873. The second kappa shape index (κ2) is 4.65. The lowest BCUT2D eigenvalue weighted by atomic mass is 9.83. The van der Waals surface area contributed by atoms with Crippen molar-refractivity contribution < 1.29 is 4.74 Å². The number of nitrogens with one attached hydrogen (secondary N) is 1. The van der Waals surface area contributed by atoms with Crippen LogP contribution in [-0.4, -0.2) is 17.6 Å². The third-order valence-electron chi connectivity index (χ3n) is 3.37. The molecule has 3 nitrogen and oxygen atoms in total. The highest BCUT2D eigenvalue weighted by atomic mass is 16.5. The standard InChI is InChI=1S/C14H22N2O/c1-5-10(2)17-12-7-6-11-8-15-9-14(3,4)13(11)16-12/h6-7,10,15H,5,8-9H2,1-4H3/t10-/m0/s1. The maximum atomic E-state index is 5.79. The van der Waals surface area contributed by atoms with Gasteiger partial charge in [0.1, 0.15) is 0 Å². The van der Waals surface area contributed by atoms with E-state index in [1.165, 1.54) is 11.3 Å². The molecule has 94 valence electrons. The van der Waals surface area contributed by atoms with Crippen LogP contribution in [0.2, 0.25) is 0 Å². The van der Waals surface area contributed by atoms with E-state index in [1.54, 1.807) is 0 Å². The molecule has 0 amide bonds. The molecule has 0 aromatic carbocycles. The Bertz CT molecular complexity index is 401. The van der Waals surface area contributed by atoms with Crippen molar-refractivity contribution >= 4 is 0 Å².